The first-order chi connectivity index (χ1) is 12.3. The van der Waals surface area contributed by atoms with Crippen LogP contribution in [0, 0.1) is 0 Å². The standard InChI is InChI=1S/C20H27N3OS/c1-24-19-9-4-3-8-18(19)23-15-13-22(14-16-23)12-6-11-21-17-7-2-5-10-20(17)25/h2-5,7-10,21,25H,6,11-16H2,1H3. The third kappa shape index (κ3) is 4.83. The van der Waals surface area contributed by atoms with E-state index in [9.17, 15) is 0 Å². The molecule has 1 aliphatic rings. The van der Waals surface area contributed by atoms with Gasteiger partial charge in [-0.3, -0.25) is 4.90 Å². The monoisotopic (exact) mass is 357 g/mol. The number of nitrogens with one attached hydrogen (secondary N) is 1. The van der Waals surface area contributed by atoms with Crippen LogP contribution in [0.25, 0.3) is 0 Å². The van der Waals surface area contributed by atoms with E-state index in [2.05, 4.69) is 45.9 Å². The fraction of sp³-hybridized carbons (Fsp3) is 0.400. The highest BCUT2D eigenvalue weighted by Gasteiger charge is 2.18. The summed E-state index contributed by atoms with van der Waals surface area (Å²) in [7, 11) is 1.74. The summed E-state index contributed by atoms with van der Waals surface area (Å²) in [6, 6.07) is 16.4. The van der Waals surface area contributed by atoms with E-state index in [1.165, 1.54) is 5.69 Å². The van der Waals surface area contributed by atoms with Crippen LogP contribution in [-0.4, -0.2) is 51.3 Å². The zero-order chi connectivity index (χ0) is 17.5. The molecule has 1 heterocycles. The fourth-order valence-corrected chi connectivity index (χ4v) is 3.49. The Hall–Kier alpha value is -1.85. The summed E-state index contributed by atoms with van der Waals surface area (Å²) in [6.07, 6.45) is 1.14. The number of thiol groups is 1. The molecule has 0 amide bonds. The molecular weight excluding hydrogens is 330 g/mol. The van der Waals surface area contributed by atoms with Gasteiger partial charge in [-0.25, -0.2) is 0 Å². The number of rotatable bonds is 7. The molecule has 1 aliphatic heterocycles. The van der Waals surface area contributed by atoms with Crippen molar-refractivity contribution in [3.63, 3.8) is 0 Å². The zero-order valence-corrected chi connectivity index (χ0v) is 15.7. The first-order valence-electron chi connectivity index (χ1n) is 8.90. The van der Waals surface area contributed by atoms with E-state index in [1.807, 2.05) is 30.3 Å². The molecule has 0 atom stereocenters. The Labute approximate surface area is 156 Å². The van der Waals surface area contributed by atoms with Gasteiger partial charge in [-0.15, -0.1) is 12.6 Å². The van der Waals surface area contributed by atoms with Crippen molar-refractivity contribution in [2.75, 3.05) is 56.6 Å². The molecule has 0 bridgehead atoms. The third-order valence-electron chi connectivity index (χ3n) is 4.67. The Balaban J connectivity index is 1.40. The highest BCUT2D eigenvalue weighted by atomic mass is 32.1. The second-order valence-electron chi connectivity index (χ2n) is 6.30. The van der Waals surface area contributed by atoms with Gasteiger partial charge in [0.05, 0.1) is 12.8 Å². The Morgan fingerprint density at radius 2 is 1.72 bits per heavy atom. The van der Waals surface area contributed by atoms with Crippen LogP contribution < -0.4 is 15.0 Å². The first kappa shape index (κ1) is 18.0. The van der Waals surface area contributed by atoms with E-state index in [1.54, 1.807) is 7.11 Å². The summed E-state index contributed by atoms with van der Waals surface area (Å²) in [6.45, 7) is 6.40. The zero-order valence-electron chi connectivity index (χ0n) is 14.8. The Kier molecular flexibility index (Phi) is 6.48. The van der Waals surface area contributed by atoms with Crippen LogP contribution in [0.1, 0.15) is 6.42 Å². The molecule has 3 rings (SSSR count). The van der Waals surface area contributed by atoms with Crippen LogP contribution in [0.5, 0.6) is 5.75 Å². The molecular formula is C20H27N3OS. The predicted molar refractivity (Wildman–Crippen MR) is 108 cm³/mol. The van der Waals surface area contributed by atoms with Crippen molar-refractivity contribution < 1.29 is 4.74 Å². The number of hydrogen-bond donors (Lipinski definition) is 2. The van der Waals surface area contributed by atoms with Gasteiger partial charge in [0, 0.05) is 43.3 Å². The molecule has 0 spiro atoms. The Morgan fingerprint density at radius 3 is 2.48 bits per heavy atom. The number of benzene rings is 2. The summed E-state index contributed by atoms with van der Waals surface area (Å²) >= 11 is 4.47. The molecule has 25 heavy (non-hydrogen) atoms. The summed E-state index contributed by atoms with van der Waals surface area (Å²) < 4.78 is 5.49. The molecule has 134 valence electrons. The van der Waals surface area contributed by atoms with Gasteiger partial charge in [0.15, 0.2) is 0 Å². The van der Waals surface area contributed by atoms with Gasteiger partial charge < -0.3 is 15.0 Å². The molecule has 5 heteroatoms. The van der Waals surface area contributed by atoms with Gasteiger partial charge in [-0.2, -0.15) is 0 Å². The minimum absolute atomic E-state index is 0.963. The van der Waals surface area contributed by atoms with Crippen LogP contribution in [-0.2, 0) is 0 Å². The molecule has 4 nitrogen and oxygen atoms in total. The summed E-state index contributed by atoms with van der Waals surface area (Å²) in [5, 5.41) is 3.47. The maximum atomic E-state index is 5.49. The molecule has 2 aromatic carbocycles. The summed E-state index contributed by atoms with van der Waals surface area (Å²) in [5.41, 5.74) is 2.32. The second kappa shape index (κ2) is 9.02. The van der Waals surface area contributed by atoms with Crippen molar-refractivity contribution >= 4 is 24.0 Å². The highest BCUT2D eigenvalue weighted by Crippen LogP contribution is 2.28. The molecule has 2 aromatic rings. The van der Waals surface area contributed by atoms with Gasteiger partial charge in [0.2, 0.25) is 0 Å². The maximum Gasteiger partial charge on any atom is 0.142 e. The van der Waals surface area contributed by atoms with E-state index in [0.29, 0.717) is 0 Å². The molecule has 0 unspecified atom stereocenters. The van der Waals surface area contributed by atoms with Crippen molar-refractivity contribution in [1.82, 2.24) is 4.90 Å². The highest BCUT2D eigenvalue weighted by molar-refractivity contribution is 7.80. The Bertz CT molecular complexity index is 671. The number of nitrogens with zero attached hydrogens (tertiary/aromatic N) is 2. The average Bonchev–Trinajstić information content (AvgIpc) is 2.67. The molecule has 0 aromatic heterocycles. The number of ether oxygens (including phenoxy) is 1. The molecule has 0 saturated carbocycles. The van der Waals surface area contributed by atoms with Crippen molar-refractivity contribution in [2.24, 2.45) is 0 Å². The normalized spacial score (nSPS) is 15.2. The van der Waals surface area contributed by atoms with Crippen LogP contribution in [0.3, 0.4) is 0 Å². The van der Waals surface area contributed by atoms with E-state index < -0.39 is 0 Å². The second-order valence-corrected chi connectivity index (χ2v) is 6.78. The molecule has 1 N–H and O–H groups in total. The molecule has 0 radical (unpaired) electrons. The van der Waals surface area contributed by atoms with Crippen molar-refractivity contribution in [2.45, 2.75) is 11.3 Å². The summed E-state index contributed by atoms with van der Waals surface area (Å²) in [5.74, 6) is 0.963. The first-order valence-corrected chi connectivity index (χ1v) is 9.35. The number of anilines is 2. The van der Waals surface area contributed by atoms with E-state index in [0.717, 1.165) is 62.0 Å². The lowest BCUT2D eigenvalue weighted by atomic mass is 10.2. The van der Waals surface area contributed by atoms with Gasteiger partial charge in [-0.1, -0.05) is 24.3 Å². The van der Waals surface area contributed by atoms with Crippen LogP contribution >= 0.6 is 12.6 Å². The number of hydrogen-bond acceptors (Lipinski definition) is 5. The van der Waals surface area contributed by atoms with E-state index >= 15 is 0 Å². The van der Waals surface area contributed by atoms with Crippen LogP contribution in [0.15, 0.2) is 53.4 Å². The quantitative estimate of drug-likeness (QED) is 0.585. The SMILES string of the molecule is COc1ccccc1N1CCN(CCCNc2ccccc2S)CC1. The van der Waals surface area contributed by atoms with Gasteiger partial charge >= 0.3 is 0 Å². The van der Waals surface area contributed by atoms with Crippen LogP contribution in [0.2, 0.25) is 0 Å². The lowest BCUT2D eigenvalue weighted by Crippen LogP contribution is -2.46. The molecule has 0 aliphatic carbocycles. The van der Waals surface area contributed by atoms with Gasteiger partial charge in [0.1, 0.15) is 5.75 Å². The number of para-hydroxylation sites is 3. The number of piperazine rings is 1. The fourth-order valence-electron chi connectivity index (χ4n) is 3.25. The lowest BCUT2D eigenvalue weighted by Gasteiger charge is -2.36. The third-order valence-corrected chi connectivity index (χ3v) is 5.06. The minimum atomic E-state index is 0.963. The van der Waals surface area contributed by atoms with E-state index in [-0.39, 0.29) is 0 Å². The minimum Gasteiger partial charge on any atom is -0.495 e. The van der Waals surface area contributed by atoms with Crippen LogP contribution in [0.4, 0.5) is 11.4 Å². The van der Waals surface area contributed by atoms with Gasteiger partial charge in [-0.05, 0) is 37.2 Å². The van der Waals surface area contributed by atoms with Crippen molar-refractivity contribution in [3.05, 3.63) is 48.5 Å². The largest absolute Gasteiger partial charge is 0.495 e. The van der Waals surface area contributed by atoms with E-state index in [4.69, 9.17) is 4.74 Å². The topological polar surface area (TPSA) is 27.7 Å². The summed E-state index contributed by atoms with van der Waals surface area (Å²) in [4.78, 5) is 5.97. The van der Waals surface area contributed by atoms with Crippen molar-refractivity contribution in [1.29, 1.82) is 0 Å². The average molecular weight is 358 g/mol. The smallest absolute Gasteiger partial charge is 0.142 e. The predicted octanol–water partition coefficient (Wildman–Crippen LogP) is 3.61. The lowest BCUT2D eigenvalue weighted by molar-refractivity contribution is 0.256. The Morgan fingerprint density at radius 1 is 1.00 bits per heavy atom. The number of methoxy groups -OCH3 is 1. The maximum absolute atomic E-state index is 5.49. The molecule has 1 fully saturated rings. The molecule has 1 saturated heterocycles. The van der Waals surface area contributed by atoms with Gasteiger partial charge in [0.25, 0.3) is 0 Å². The van der Waals surface area contributed by atoms with Crippen molar-refractivity contribution in [3.8, 4) is 5.75 Å².